The lowest BCUT2D eigenvalue weighted by atomic mass is 9.95. The molecule has 0 spiro atoms. The summed E-state index contributed by atoms with van der Waals surface area (Å²) in [5.41, 5.74) is 4.15. The second-order valence-corrected chi connectivity index (χ2v) is 7.24. The van der Waals surface area contributed by atoms with Gasteiger partial charge in [0.1, 0.15) is 5.75 Å². The fraction of sp³-hybridized carbons (Fsp3) is 0.250. The Labute approximate surface area is 175 Å². The topological polar surface area (TPSA) is 56.2 Å². The summed E-state index contributed by atoms with van der Waals surface area (Å²) in [4.78, 5) is 4.28. The van der Waals surface area contributed by atoms with Crippen molar-refractivity contribution < 1.29 is 14.2 Å². The zero-order valence-corrected chi connectivity index (χ0v) is 17.0. The Morgan fingerprint density at radius 2 is 1.97 bits per heavy atom. The number of nitrogens with zero attached hydrogens (tertiary/aromatic N) is 3. The summed E-state index contributed by atoms with van der Waals surface area (Å²) in [6.07, 6.45) is 4.01. The number of benzene rings is 2. The molecule has 0 aliphatic carbocycles. The molecule has 0 radical (unpaired) electrons. The van der Waals surface area contributed by atoms with Gasteiger partial charge in [0.15, 0.2) is 11.5 Å². The number of aromatic nitrogens is 1. The van der Waals surface area contributed by atoms with E-state index in [2.05, 4.69) is 16.1 Å². The van der Waals surface area contributed by atoms with Gasteiger partial charge in [-0.3, -0.25) is 4.98 Å². The van der Waals surface area contributed by atoms with Crippen LogP contribution in [0.2, 0.25) is 0 Å². The second kappa shape index (κ2) is 7.71. The van der Waals surface area contributed by atoms with E-state index in [0.29, 0.717) is 6.61 Å². The number of hydrogen-bond acceptors (Lipinski definition) is 6. The van der Waals surface area contributed by atoms with Gasteiger partial charge in [0, 0.05) is 29.9 Å². The van der Waals surface area contributed by atoms with E-state index in [9.17, 15) is 0 Å². The first-order chi connectivity index (χ1) is 14.8. The lowest BCUT2D eigenvalue weighted by Gasteiger charge is -2.38. The van der Waals surface area contributed by atoms with Crippen LogP contribution in [0, 0.1) is 0 Å². The first-order valence-corrected chi connectivity index (χ1v) is 10.1. The summed E-state index contributed by atoms with van der Waals surface area (Å²) >= 11 is 0. The Bertz CT molecular complexity index is 1070. The molecule has 0 saturated heterocycles. The van der Waals surface area contributed by atoms with Gasteiger partial charge in [-0.1, -0.05) is 18.2 Å². The van der Waals surface area contributed by atoms with Crippen LogP contribution in [0.3, 0.4) is 0 Å². The van der Waals surface area contributed by atoms with Crippen molar-refractivity contribution >= 4 is 5.71 Å². The fourth-order valence-electron chi connectivity index (χ4n) is 4.05. The maximum absolute atomic E-state index is 6.47. The van der Waals surface area contributed by atoms with Gasteiger partial charge in [-0.15, -0.1) is 0 Å². The number of ether oxygens (including phenoxy) is 3. The predicted octanol–water partition coefficient (Wildman–Crippen LogP) is 4.73. The molecule has 5 rings (SSSR count). The van der Waals surface area contributed by atoms with Gasteiger partial charge in [0.05, 0.1) is 25.5 Å². The Balaban J connectivity index is 1.58. The molecule has 0 bridgehead atoms. The Morgan fingerprint density at radius 1 is 1.10 bits per heavy atom. The van der Waals surface area contributed by atoms with Crippen LogP contribution in [0.4, 0.5) is 0 Å². The maximum Gasteiger partial charge on any atom is 0.215 e. The molecule has 0 saturated carbocycles. The highest BCUT2D eigenvalue weighted by Gasteiger charge is 2.42. The molecule has 3 aromatic rings. The Morgan fingerprint density at radius 3 is 2.70 bits per heavy atom. The van der Waals surface area contributed by atoms with Crippen LogP contribution in [-0.2, 0) is 0 Å². The average molecular weight is 401 g/mol. The third kappa shape index (κ3) is 3.14. The smallest absolute Gasteiger partial charge is 0.215 e. The molecule has 152 valence electrons. The van der Waals surface area contributed by atoms with Crippen LogP contribution in [-0.4, -0.2) is 29.4 Å². The third-order valence-electron chi connectivity index (χ3n) is 5.47. The highest BCUT2D eigenvalue weighted by molar-refractivity contribution is 6.02. The Kier molecular flexibility index (Phi) is 4.75. The number of methoxy groups -OCH3 is 1. The number of hydrogen-bond donors (Lipinski definition) is 0. The van der Waals surface area contributed by atoms with Crippen LogP contribution in [0.1, 0.15) is 42.3 Å². The molecule has 0 amide bonds. The number of pyridine rings is 1. The summed E-state index contributed by atoms with van der Waals surface area (Å²) in [5.74, 6) is 2.39. The van der Waals surface area contributed by atoms with E-state index in [1.165, 1.54) is 0 Å². The van der Waals surface area contributed by atoms with Gasteiger partial charge in [-0.25, -0.2) is 5.01 Å². The van der Waals surface area contributed by atoms with Gasteiger partial charge in [0.2, 0.25) is 6.23 Å². The summed E-state index contributed by atoms with van der Waals surface area (Å²) in [6.45, 7) is 2.56. The molecule has 6 heteroatoms. The molecule has 2 aliphatic rings. The van der Waals surface area contributed by atoms with E-state index in [1.54, 1.807) is 13.3 Å². The molecule has 0 N–H and O–H groups in total. The minimum atomic E-state index is -0.367. The van der Waals surface area contributed by atoms with Crippen molar-refractivity contribution in [1.29, 1.82) is 0 Å². The van der Waals surface area contributed by atoms with E-state index in [4.69, 9.17) is 19.3 Å². The van der Waals surface area contributed by atoms with Crippen molar-refractivity contribution in [3.63, 3.8) is 0 Å². The van der Waals surface area contributed by atoms with Crippen LogP contribution >= 0.6 is 0 Å². The summed E-state index contributed by atoms with van der Waals surface area (Å²) < 4.78 is 17.6. The quantitative estimate of drug-likeness (QED) is 0.619. The van der Waals surface area contributed by atoms with Crippen molar-refractivity contribution in [3.05, 3.63) is 83.7 Å². The van der Waals surface area contributed by atoms with E-state index in [0.717, 1.165) is 46.1 Å². The molecule has 30 heavy (non-hydrogen) atoms. The minimum Gasteiger partial charge on any atom is -0.497 e. The molecular weight excluding hydrogens is 378 g/mol. The van der Waals surface area contributed by atoms with Crippen LogP contribution in [0.25, 0.3) is 0 Å². The molecule has 0 unspecified atom stereocenters. The van der Waals surface area contributed by atoms with Crippen molar-refractivity contribution in [3.8, 4) is 17.2 Å². The lowest BCUT2D eigenvalue weighted by Crippen LogP contribution is -2.34. The normalized spacial score (nSPS) is 19.4. The third-order valence-corrected chi connectivity index (χ3v) is 5.47. The predicted molar refractivity (Wildman–Crippen MR) is 114 cm³/mol. The lowest BCUT2D eigenvalue weighted by molar-refractivity contribution is -0.0214. The summed E-state index contributed by atoms with van der Waals surface area (Å²) in [5, 5.41) is 7.03. The van der Waals surface area contributed by atoms with Gasteiger partial charge in [0.25, 0.3) is 0 Å². The highest BCUT2D eigenvalue weighted by Crippen LogP contribution is 2.50. The number of fused-ring (bicyclic) bond motifs is 3. The zero-order chi connectivity index (χ0) is 20.5. The summed E-state index contributed by atoms with van der Waals surface area (Å²) in [6, 6.07) is 18.1. The molecule has 0 fully saturated rings. The van der Waals surface area contributed by atoms with Gasteiger partial charge < -0.3 is 14.2 Å². The van der Waals surface area contributed by atoms with Gasteiger partial charge >= 0.3 is 0 Å². The molecular formula is C24H23N3O3. The average Bonchev–Trinajstić information content (AvgIpc) is 3.25. The molecule has 1 aromatic heterocycles. The Hall–Kier alpha value is -3.54. The monoisotopic (exact) mass is 401 g/mol. The zero-order valence-electron chi connectivity index (χ0n) is 17.0. The maximum atomic E-state index is 6.47. The molecule has 2 aliphatic heterocycles. The van der Waals surface area contributed by atoms with Gasteiger partial charge in [-0.05, 0) is 48.9 Å². The highest BCUT2D eigenvalue weighted by atomic mass is 16.5. The van der Waals surface area contributed by atoms with Crippen LogP contribution in [0.15, 0.2) is 72.1 Å². The van der Waals surface area contributed by atoms with E-state index in [1.807, 2.05) is 61.7 Å². The number of para-hydroxylation sites is 1. The number of hydrazone groups is 1. The largest absolute Gasteiger partial charge is 0.497 e. The first-order valence-electron chi connectivity index (χ1n) is 10.1. The van der Waals surface area contributed by atoms with Gasteiger partial charge in [-0.2, -0.15) is 5.10 Å². The first kappa shape index (κ1) is 18.5. The summed E-state index contributed by atoms with van der Waals surface area (Å²) in [7, 11) is 1.67. The van der Waals surface area contributed by atoms with Crippen LogP contribution < -0.4 is 14.2 Å². The van der Waals surface area contributed by atoms with Crippen molar-refractivity contribution in [1.82, 2.24) is 9.99 Å². The standard InChI is InChI=1S/C24H23N3O3/c1-3-29-22-8-4-7-19-21-14-20(16-9-11-18(28-2)12-10-16)26-27(21)24(30-23(19)22)17-6-5-13-25-15-17/h4-13,15,21,24H,3,14H2,1-2H3/t21-,24-/m1/s1. The number of rotatable bonds is 5. The van der Waals surface area contributed by atoms with Crippen molar-refractivity contribution in [2.45, 2.75) is 25.6 Å². The second-order valence-electron chi connectivity index (χ2n) is 7.24. The van der Waals surface area contributed by atoms with Crippen LogP contribution in [0.5, 0.6) is 17.2 Å². The minimum absolute atomic E-state index is 0.0662. The molecule has 6 nitrogen and oxygen atoms in total. The molecule has 2 aromatic carbocycles. The van der Waals surface area contributed by atoms with E-state index >= 15 is 0 Å². The molecule has 2 atom stereocenters. The molecule has 3 heterocycles. The van der Waals surface area contributed by atoms with Crippen molar-refractivity contribution in [2.24, 2.45) is 5.10 Å². The SMILES string of the molecule is CCOc1cccc2c1O[C@H](c1cccnc1)N1N=C(c3ccc(OC)cc3)C[C@H]21. The van der Waals surface area contributed by atoms with Crippen molar-refractivity contribution in [2.75, 3.05) is 13.7 Å². The fourth-order valence-corrected chi connectivity index (χ4v) is 4.05. The van der Waals surface area contributed by atoms with E-state index < -0.39 is 0 Å². The van der Waals surface area contributed by atoms with E-state index in [-0.39, 0.29) is 12.3 Å².